The maximum atomic E-state index is 12.7. The molecule has 0 radical (unpaired) electrons. The molecule has 1 heterocycles. The van der Waals surface area contributed by atoms with E-state index in [1.807, 2.05) is 6.92 Å². The molecule has 0 bridgehead atoms. The Morgan fingerprint density at radius 2 is 2.08 bits per heavy atom. The quantitative estimate of drug-likeness (QED) is 0.722. The molecule has 0 aliphatic carbocycles. The summed E-state index contributed by atoms with van der Waals surface area (Å²) in [7, 11) is -0.561. The van der Waals surface area contributed by atoms with Crippen LogP contribution in [0.1, 0.15) is 29.1 Å². The molecule has 7 nitrogen and oxygen atoms in total. The molecule has 25 heavy (non-hydrogen) atoms. The van der Waals surface area contributed by atoms with Crippen LogP contribution >= 0.6 is 0 Å². The van der Waals surface area contributed by atoms with Gasteiger partial charge in [0.2, 0.25) is 10.0 Å². The molecule has 1 unspecified atom stereocenters. The summed E-state index contributed by atoms with van der Waals surface area (Å²) in [5.41, 5.74) is 0.288. The largest absolute Gasteiger partial charge is 0.467 e. The molecule has 0 saturated heterocycles. The molecule has 1 atom stereocenters. The smallest absolute Gasteiger partial charge is 0.254 e. The van der Waals surface area contributed by atoms with Gasteiger partial charge in [0.15, 0.2) is 0 Å². The summed E-state index contributed by atoms with van der Waals surface area (Å²) in [4.78, 5) is 14.2. The maximum absolute atomic E-state index is 12.7. The lowest BCUT2D eigenvalue weighted by Gasteiger charge is -2.23. The number of nitrogens with one attached hydrogen (secondary N) is 1. The lowest BCUT2D eigenvalue weighted by atomic mass is 10.1. The first-order valence-electron chi connectivity index (χ1n) is 7.76. The van der Waals surface area contributed by atoms with Gasteiger partial charge in [0, 0.05) is 26.3 Å². The van der Waals surface area contributed by atoms with E-state index in [9.17, 15) is 13.2 Å². The molecule has 1 N–H and O–H groups in total. The predicted molar refractivity (Wildman–Crippen MR) is 92.7 cm³/mol. The van der Waals surface area contributed by atoms with Crippen LogP contribution in [0.2, 0.25) is 0 Å². The van der Waals surface area contributed by atoms with E-state index >= 15 is 0 Å². The van der Waals surface area contributed by atoms with Gasteiger partial charge in [-0.1, -0.05) is 6.07 Å². The lowest BCUT2D eigenvalue weighted by molar-refractivity contribution is 0.0726. The number of nitrogens with zero attached hydrogens (tertiary/aromatic N) is 1. The lowest BCUT2D eigenvalue weighted by Crippen LogP contribution is -2.30. The first-order chi connectivity index (χ1) is 11.9. The van der Waals surface area contributed by atoms with E-state index in [0.29, 0.717) is 5.76 Å². The molecule has 0 aliphatic heterocycles. The standard InChI is InChI=1S/C17H22N2O5S/c1-13(16-8-5-10-24-16)19(2)17(20)14-6-4-7-15(12-14)25(21,22)18-9-11-23-3/h4-8,10,12-13,18H,9,11H2,1-3H3. The molecule has 1 aromatic carbocycles. The predicted octanol–water partition coefficient (Wildman–Crippen LogP) is 2.04. The SMILES string of the molecule is COCCNS(=O)(=O)c1cccc(C(=O)N(C)C(C)c2ccco2)c1. The summed E-state index contributed by atoms with van der Waals surface area (Å²) in [5.74, 6) is 0.360. The van der Waals surface area contributed by atoms with Gasteiger partial charge in [-0.15, -0.1) is 0 Å². The maximum Gasteiger partial charge on any atom is 0.254 e. The van der Waals surface area contributed by atoms with Crippen molar-refractivity contribution in [1.82, 2.24) is 9.62 Å². The van der Waals surface area contributed by atoms with Crippen LogP contribution in [-0.2, 0) is 14.8 Å². The molecule has 1 amide bonds. The number of hydrogen-bond acceptors (Lipinski definition) is 5. The van der Waals surface area contributed by atoms with E-state index in [1.54, 1.807) is 37.6 Å². The minimum Gasteiger partial charge on any atom is -0.467 e. The Hall–Kier alpha value is -2.16. The van der Waals surface area contributed by atoms with Crippen molar-refractivity contribution in [2.75, 3.05) is 27.3 Å². The molecular weight excluding hydrogens is 344 g/mol. The van der Waals surface area contributed by atoms with Crippen LogP contribution in [-0.4, -0.2) is 46.5 Å². The number of ether oxygens (including phenoxy) is 1. The number of furan rings is 1. The van der Waals surface area contributed by atoms with Crippen LogP contribution in [0.5, 0.6) is 0 Å². The van der Waals surface area contributed by atoms with Gasteiger partial charge in [0.1, 0.15) is 5.76 Å². The third-order valence-corrected chi connectivity index (χ3v) is 5.30. The molecule has 1 aromatic heterocycles. The number of methoxy groups -OCH3 is 1. The number of sulfonamides is 1. The number of benzene rings is 1. The fourth-order valence-corrected chi connectivity index (χ4v) is 3.32. The van der Waals surface area contributed by atoms with E-state index < -0.39 is 10.0 Å². The fraction of sp³-hybridized carbons (Fsp3) is 0.353. The molecule has 8 heteroatoms. The Labute approximate surface area is 147 Å². The minimum atomic E-state index is -3.70. The van der Waals surface area contributed by atoms with Gasteiger partial charge < -0.3 is 14.1 Å². The summed E-state index contributed by atoms with van der Waals surface area (Å²) < 4.78 is 37.1. The molecule has 0 aliphatic rings. The Morgan fingerprint density at radius 3 is 2.72 bits per heavy atom. The van der Waals surface area contributed by atoms with Crippen molar-refractivity contribution >= 4 is 15.9 Å². The second-order valence-corrected chi connectivity index (χ2v) is 7.29. The highest BCUT2D eigenvalue weighted by Gasteiger charge is 2.22. The normalized spacial score (nSPS) is 12.8. The van der Waals surface area contributed by atoms with Crippen molar-refractivity contribution in [2.45, 2.75) is 17.9 Å². The van der Waals surface area contributed by atoms with E-state index in [1.165, 1.54) is 24.1 Å². The second kappa shape index (κ2) is 8.28. The van der Waals surface area contributed by atoms with E-state index in [0.717, 1.165) is 0 Å². The van der Waals surface area contributed by atoms with Crippen LogP contribution in [0.4, 0.5) is 0 Å². The Kier molecular flexibility index (Phi) is 6.35. The third kappa shape index (κ3) is 4.68. The highest BCUT2D eigenvalue weighted by molar-refractivity contribution is 7.89. The highest BCUT2D eigenvalue weighted by atomic mass is 32.2. The number of amides is 1. The Morgan fingerprint density at radius 1 is 1.32 bits per heavy atom. The van der Waals surface area contributed by atoms with E-state index in [2.05, 4.69) is 4.72 Å². The number of carbonyl (C=O) groups excluding carboxylic acids is 1. The first kappa shape index (κ1) is 19.2. The molecule has 0 fully saturated rings. The summed E-state index contributed by atoms with van der Waals surface area (Å²) in [6, 6.07) is 9.20. The Bertz CT molecular complexity index is 802. The third-order valence-electron chi connectivity index (χ3n) is 3.85. The number of hydrogen-bond donors (Lipinski definition) is 1. The van der Waals surface area contributed by atoms with Crippen LogP contribution in [0.25, 0.3) is 0 Å². The molecule has 0 saturated carbocycles. The zero-order chi connectivity index (χ0) is 18.4. The molecule has 2 aromatic rings. The minimum absolute atomic E-state index is 0.0357. The number of carbonyl (C=O) groups is 1. The number of rotatable bonds is 8. The van der Waals surface area contributed by atoms with Crippen LogP contribution in [0.15, 0.2) is 52.0 Å². The summed E-state index contributed by atoms with van der Waals surface area (Å²) in [6.07, 6.45) is 1.54. The highest BCUT2D eigenvalue weighted by Crippen LogP contribution is 2.22. The average Bonchev–Trinajstić information content (AvgIpc) is 3.14. The van der Waals surface area contributed by atoms with Crippen LogP contribution < -0.4 is 4.72 Å². The molecule has 0 spiro atoms. The molecule has 136 valence electrons. The molecular formula is C17H22N2O5S. The zero-order valence-electron chi connectivity index (χ0n) is 14.4. The van der Waals surface area contributed by atoms with Gasteiger partial charge in [0.05, 0.1) is 23.8 Å². The Balaban J connectivity index is 2.18. The topological polar surface area (TPSA) is 88.8 Å². The van der Waals surface area contributed by atoms with Gasteiger partial charge in [-0.05, 0) is 37.3 Å². The fourth-order valence-electron chi connectivity index (χ4n) is 2.26. The first-order valence-corrected chi connectivity index (χ1v) is 9.24. The summed E-state index contributed by atoms with van der Waals surface area (Å²) in [6.45, 7) is 2.26. The van der Waals surface area contributed by atoms with Crippen molar-refractivity contribution in [3.63, 3.8) is 0 Å². The van der Waals surface area contributed by atoms with Gasteiger partial charge in [-0.3, -0.25) is 4.79 Å². The van der Waals surface area contributed by atoms with Gasteiger partial charge in [-0.2, -0.15) is 0 Å². The van der Waals surface area contributed by atoms with Gasteiger partial charge in [-0.25, -0.2) is 13.1 Å². The average molecular weight is 366 g/mol. The van der Waals surface area contributed by atoms with Crippen LogP contribution in [0, 0.1) is 0 Å². The molecule has 2 rings (SSSR count). The zero-order valence-corrected chi connectivity index (χ0v) is 15.2. The second-order valence-electron chi connectivity index (χ2n) is 5.53. The van der Waals surface area contributed by atoms with Crippen LogP contribution in [0.3, 0.4) is 0 Å². The van der Waals surface area contributed by atoms with Gasteiger partial charge in [0.25, 0.3) is 5.91 Å². The van der Waals surface area contributed by atoms with E-state index in [-0.39, 0.29) is 35.6 Å². The van der Waals surface area contributed by atoms with Crippen molar-refractivity contribution < 1.29 is 22.4 Å². The monoisotopic (exact) mass is 366 g/mol. The van der Waals surface area contributed by atoms with Crippen molar-refractivity contribution in [1.29, 1.82) is 0 Å². The summed E-state index contributed by atoms with van der Waals surface area (Å²) in [5, 5.41) is 0. The van der Waals surface area contributed by atoms with Crippen molar-refractivity contribution in [2.24, 2.45) is 0 Å². The van der Waals surface area contributed by atoms with E-state index in [4.69, 9.17) is 9.15 Å². The summed E-state index contributed by atoms with van der Waals surface area (Å²) >= 11 is 0. The van der Waals surface area contributed by atoms with Crippen molar-refractivity contribution in [3.8, 4) is 0 Å². The van der Waals surface area contributed by atoms with Crippen molar-refractivity contribution in [3.05, 3.63) is 54.0 Å². The van der Waals surface area contributed by atoms with Gasteiger partial charge >= 0.3 is 0 Å².